The Morgan fingerprint density at radius 1 is 1.18 bits per heavy atom. The van der Waals surface area contributed by atoms with Gasteiger partial charge in [0.05, 0.1) is 6.33 Å². The first-order valence-corrected chi connectivity index (χ1v) is 13.4. The highest BCUT2D eigenvalue weighted by Gasteiger charge is 2.62. The molecule has 40 heavy (non-hydrogen) atoms. The zero-order valence-corrected chi connectivity index (χ0v) is 21.6. The second kappa shape index (κ2) is 9.37. The van der Waals surface area contributed by atoms with Crippen molar-refractivity contribution in [3.8, 4) is 0 Å². The van der Waals surface area contributed by atoms with E-state index in [1.54, 1.807) is 0 Å². The first-order chi connectivity index (χ1) is 19.2. The molecule has 7 heterocycles. The fourth-order valence-electron chi connectivity index (χ4n) is 4.61. The van der Waals surface area contributed by atoms with Crippen LogP contribution in [0.15, 0.2) is 23.8 Å². The van der Waals surface area contributed by atoms with Gasteiger partial charge in [0.15, 0.2) is 56.4 Å². The number of halogens is 1. The zero-order valence-electron chi connectivity index (χ0n) is 19.7. The highest BCUT2D eigenvalue weighted by molar-refractivity contribution is 7.33. The summed E-state index contributed by atoms with van der Waals surface area (Å²) < 4.78 is 64.4. The van der Waals surface area contributed by atoms with E-state index in [4.69, 9.17) is 39.0 Å². The second-order valence-corrected chi connectivity index (χ2v) is 10.4. The molecular weight excluding hydrogens is 581 g/mol. The number of aliphatic hydroxyl groups excluding tert-OH is 1. The maximum Gasteiger partial charge on any atom is 0.698 e. The van der Waals surface area contributed by atoms with Gasteiger partial charge in [0, 0.05) is 4.57 Å². The van der Waals surface area contributed by atoms with Crippen molar-refractivity contribution in [2.45, 2.75) is 42.9 Å². The van der Waals surface area contributed by atoms with Crippen molar-refractivity contribution < 1.29 is 41.6 Å². The number of nitrogens with two attached hydrogens (primary N) is 2. The van der Waals surface area contributed by atoms with Crippen molar-refractivity contribution in [2.75, 3.05) is 18.1 Å². The Morgan fingerprint density at radius 3 is 2.85 bits per heavy atom. The Kier molecular flexibility index (Phi) is 6.00. The molecule has 0 spiro atoms. The predicted molar refractivity (Wildman–Crippen MR) is 129 cm³/mol. The molecule has 7 rings (SSSR count). The molecule has 2 bridgehead atoms. The monoisotopic (exact) mass is 599 g/mol. The van der Waals surface area contributed by atoms with E-state index in [9.17, 15) is 14.5 Å². The summed E-state index contributed by atoms with van der Waals surface area (Å²) in [6.45, 7) is -0.418. The van der Waals surface area contributed by atoms with E-state index >= 15 is 4.39 Å². The maximum absolute atomic E-state index is 16.1. The third-order valence-electron chi connectivity index (χ3n) is 6.48. The summed E-state index contributed by atoms with van der Waals surface area (Å²) in [6, 6.07) is 0. The molecule has 0 aliphatic carbocycles. The van der Waals surface area contributed by atoms with Gasteiger partial charge in [-0.3, -0.25) is 18.9 Å². The molecule has 210 valence electrons. The molecule has 4 aromatic rings. The quantitative estimate of drug-likeness (QED) is 0.208. The molecule has 3 fully saturated rings. The molecule has 3 aliphatic heterocycles. The molecule has 0 saturated carbocycles. The molecule has 9 unspecified atom stereocenters. The number of rotatable bonds is 2. The third kappa shape index (κ3) is 3.88. The number of ether oxygens (including phenoxy) is 2. The number of nitrogen functional groups attached to an aromatic ring is 2. The van der Waals surface area contributed by atoms with E-state index in [2.05, 4.69) is 29.9 Å². The number of hydrogen-bond acceptors (Lipinski definition) is 16. The summed E-state index contributed by atoms with van der Waals surface area (Å²) in [6.07, 6.45) is -4.42. The first-order valence-electron chi connectivity index (χ1n) is 11.4. The van der Waals surface area contributed by atoms with Crippen molar-refractivity contribution >= 4 is 51.4 Å². The maximum atomic E-state index is 16.1. The number of alkyl halides is 1. The number of aromatic nitrogens is 8. The Hall–Kier alpha value is -3.32. The molecule has 3 saturated heterocycles. The fourth-order valence-corrected chi connectivity index (χ4v) is 6.12. The van der Waals surface area contributed by atoms with Crippen molar-refractivity contribution in [1.82, 2.24) is 39.0 Å². The molecule has 0 radical (unpaired) electrons. The van der Waals surface area contributed by atoms with E-state index in [1.165, 1.54) is 10.9 Å². The lowest BCUT2D eigenvalue weighted by molar-refractivity contribution is -0.390. The molecule has 22 heteroatoms. The number of aliphatic hydroxyl groups is 1. The second-order valence-electron chi connectivity index (χ2n) is 8.80. The molecule has 19 nitrogen and oxygen atoms in total. The first kappa shape index (κ1) is 25.6. The molecule has 6 N–H and O–H groups in total. The van der Waals surface area contributed by atoms with Crippen LogP contribution < -0.4 is 17.0 Å². The Balaban J connectivity index is 1.17. The summed E-state index contributed by atoms with van der Waals surface area (Å²) in [5.41, 5.74) is 11.0. The van der Waals surface area contributed by atoms with Crippen LogP contribution in [0, 0.1) is 0 Å². The molecule has 3 aliphatic rings. The van der Waals surface area contributed by atoms with E-state index < -0.39 is 72.4 Å². The third-order valence-corrected chi connectivity index (χ3v) is 7.94. The Bertz CT molecular complexity index is 1700. The van der Waals surface area contributed by atoms with Crippen LogP contribution in [0.25, 0.3) is 22.3 Å². The van der Waals surface area contributed by atoms with Crippen LogP contribution in [-0.4, -0.2) is 81.5 Å². The summed E-state index contributed by atoms with van der Waals surface area (Å²) >= 11 is 0. The van der Waals surface area contributed by atoms with Gasteiger partial charge < -0.3 is 35.1 Å². The highest BCUT2D eigenvalue weighted by atomic mass is 31.1. The average molecular weight is 599 g/mol. The van der Waals surface area contributed by atoms with E-state index in [-0.39, 0.29) is 34.1 Å². The van der Waals surface area contributed by atoms with Crippen molar-refractivity contribution in [3.05, 3.63) is 29.3 Å². The van der Waals surface area contributed by atoms with Gasteiger partial charge in [-0.1, -0.05) is 0 Å². The van der Waals surface area contributed by atoms with Crippen LogP contribution in [-0.2, 0) is 38.1 Å². The van der Waals surface area contributed by atoms with Crippen LogP contribution in [0.4, 0.5) is 16.2 Å². The normalized spacial score (nSPS) is 34.4. The number of hydrogen-bond donors (Lipinski definition) is 4. The molecular formula is C18H18FN10O9P2+. The zero-order chi connectivity index (χ0) is 27.8. The highest BCUT2D eigenvalue weighted by Crippen LogP contribution is 2.49. The van der Waals surface area contributed by atoms with E-state index in [1.807, 2.05) is 0 Å². The van der Waals surface area contributed by atoms with Crippen molar-refractivity contribution in [2.24, 2.45) is 0 Å². The summed E-state index contributed by atoms with van der Waals surface area (Å²) in [5, 5.41) is 10.9. The van der Waals surface area contributed by atoms with Crippen molar-refractivity contribution in [3.63, 3.8) is 0 Å². The SMILES string of the molecule is Nc1nc2c(ncn2C2OC3OPOC4C(CO[P+](=O)OC2C3O)OC4(F)n2cnc3c(N)ncnc32)c(=O)[nH]1. The summed E-state index contributed by atoms with van der Waals surface area (Å²) in [4.78, 5) is 34.5. The minimum Gasteiger partial charge on any atom is -0.385 e. The van der Waals surface area contributed by atoms with Gasteiger partial charge in [-0.25, -0.2) is 19.9 Å². The van der Waals surface area contributed by atoms with Crippen LogP contribution >= 0.6 is 17.3 Å². The molecule has 0 aromatic carbocycles. The Morgan fingerprint density at radius 2 is 2.00 bits per heavy atom. The van der Waals surface area contributed by atoms with E-state index in [0.717, 1.165) is 17.2 Å². The summed E-state index contributed by atoms with van der Waals surface area (Å²) in [7, 11) is -3.79. The topological polar surface area (TPSA) is 252 Å². The van der Waals surface area contributed by atoms with Gasteiger partial charge >= 0.3 is 14.2 Å². The van der Waals surface area contributed by atoms with Gasteiger partial charge in [-0.05, 0) is 0 Å². The smallest absolute Gasteiger partial charge is 0.385 e. The number of fused-ring (bicyclic) bond motifs is 5. The molecule has 9 atom stereocenters. The van der Waals surface area contributed by atoms with Crippen LogP contribution in [0.1, 0.15) is 6.23 Å². The number of imidazole rings is 2. The molecule has 4 aromatic heterocycles. The minimum atomic E-state index is -2.91. The predicted octanol–water partition coefficient (Wildman–Crippen LogP) is -0.699. The Labute approximate surface area is 222 Å². The molecule has 0 amide bonds. The van der Waals surface area contributed by atoms with Gasteiger partial charge in [-0.15, -0.1) is 9.05 Å². The van der Waals surface area contributed by atoms with Gasteiger partial charge in [0.2, 0.25) is 5.95 Å². The summed E-state index contributed by atoms with van der Waals surface area (Å²) in [5.74, 6) is -2.77. The number of nitrogens with one attached hydrogen (secondary N) is 1. The standard InChI is InChI=1S/C18H17FN10O9P2/c19-18(29-4-25-6-11(20)22-2-23-12(6)29)10-5(35-18)1-33-40(32)38-9-8(30)16(37-39-36-10)34-15(9)28-3-24-7-13(28)26-17(21)27-14(7)31/h2-5,8-10,15-16,30,39H,1H2,(H4-,20,21,22,23,26,27,31)/p+1. The number of anilines is 2. The van der Waals surface area contributed by atoms with Crippen LogP contribution in [0.3, 0.4) is 0 Å². The minimum absolute atomic E-state index is 0.0116. The lowest BCUT2D eigenvalue weighted by Gasteiger charge is -2.47. The average Bonchev–Trinajstić information content (AvgIpc) is 3.61. The van der Waals surface area contributed by atoms with Crippen LogP contribution in [0.2, 0.25) is 0 Å². The fraction of sp³-hybridized carbons (Fsp3) is 0.444. The number of H-pyrrole nitrogens is 1. The lowest BCUT2D eigenvalue weighted by Crippen LogP contribution is -2.64. The largest absolute Gasteiger partial charge is 0.698 e. The lowest BCUT2D eigenvalue weighted by atomic mass is 10.1. The van der Waals surface area contributed by atoms with Gasteiger partial charge in [0.1, 0.15) is 37.0 Å². The van der Waals surface area contributed by atoms with Crippen molar-refractivity contribution in [1.29, 1.82) is 0 Å². The van der Waals surface area contributed by atoms with Gasteiger partial charge in [-0.2, -0.15) is 9.37 Å². The number of aromatic amines is 1. The number of nitrogens with zero attached hydrogens (tertiary/aromatic N) is 7. The van der Waals surface area contributed by atoms with Gasteiger partial charge in [0.25, 0.3) is 5.56 Å². The van der Waals surface area contributed by atoms with E-state index in [0.29, 0.717) is 0 Å². The van der Waals surface area contributed by atoms with Crippen LogP contribution in [0.5, 0.6) is 0 Å².